The van der Waals surface area contributed by atoms with Crippen molar-refractivity contribution in [1.29, 1.82) is 0 Å². The number of carbonyl (C=O) groups is 1. The first-order valence-corrected chi connectivity index (χ1v) is 9.22. The number of halogens is 1. The molecule has 0 saturated carbocycles. The molecule has 0 aliphatic carbocycles. The maximum Gasteiger partial charge on any atom is 0.224 e. The van der Waals surface area contributed by atoms with Gasteiger partial charge in [0.05, 0.1) is 38.2 Å². The number of amides is 1. The topological polar surface area (TPSA) is 82.8 Å². The summed E-state index contributed by atoms with van der Waals surface area (Å²) in [6, 6.07) is 10.7. The number of benzene rings is 2. The summed E-state index contributed by atoms with van der Waals surface area (Å²) in [4.78, 5) is 16.6. The van der Waals surface area contributed by atoms with Gasteiger partial charge in [-0.25, -0.2) is 4.98 Å². The monoisotopic (exact) mass is 416 g/mol. The summed E-state index contributed by atoms with van der Waals surface area (Å²) in [5, 5.41) is 3.19. The van der Waals surface area contributed by atoms with Gasteiger partial charge in [-0.1, -0.05) is 23.7 Å². The lowest BCUT2D eigenvalue weighted by Crippen LogP contribution is -2.13. The van der Waals surface area contributed by atoms with Gasteiger partial charge in [-0.15, -0.1) is 0 Å². The second-order valence-electron chi connectivity index (χ2n) is 6.09. The maximum absolute atomic E-state index is 12.4. The standard InChI is InChI=1S/C21H21ClN2O5/c1-26-14-6-4-5-13(9-14)19-12-23-21(29-19)8-7-20(25)24-16-11-17(27-2)15(22)10-18(16)28-3/h4-6,9-12H,7-8H2,1-3H3,(H,24,25). The number of hydrogen-bond acceptors (Lipinski definition) is 6. The summed E-state index contributed by atoms with van der Waals surface area (Å²) in [6.45, 7) is 0. The quantitative estimate of drug-likeness (QED) is 0.578. The smallest absolute Gasteiger partial charge is 0.224 e. The number of methoxy groups -OCH3 is 3. The van der Waals surface area contributed by atoms with Gasteiger partial charge in [0.25, 0.3) is 0 Å². The van der Waals surface area contributed by atoms with Gasteiger partial charge >= 0.3 is 0 Å². The minimum absolute atomic E-state index is 0.187. The second kappa shape index (κ2) is 9.34. The highest BCUT2D eigenvalue weighted by atomic mass is 35.5. The molecule has 0 bridgehead atoms. The molecule has 3 rings (SSSR count). The van der Waals surface area contributed by atoms with Crippen LogP contribution in [0.15, 0.2) is 47.0 Å². The van der Waals surface area contributed by atoms with Crippen molar-refractivity contribution in [3.8, 4) is 28.6 Å². The minimum atomic E-state index is -0.214. The van der Waals surface area contributed by atoms with E-state index in [2.05, 4.69) is 10.3 Å². The van der Waals surface area contributed by atoms with Crippen molar-refractivity contribution >= 4 is 23.2 Å². The third-order valence-corrected chi connectivity index (χ3v) is 4.52. The predicted molar refractivity (Wildman–Crippen MR) is 110 cm³/mol. The van der Waals surface area contributed by atoms with Crippen LogP contribution in [0, 0.1) is 0 Å². The Morgan fingerprint density at radius 2 is 1.90 bits per heavy atom. The number of carbonyl (C=O) groups excluding carboxylic acids is 1. The fourth-order valence-electron chi connectivity index (χ4n) is 2.73. The van der Waals surface area contributed by atoms with Crippen LogP contribution >= 0.6 is 11.6 Å². The first kappa shape index (κ1) is 20.5. The van der Waals surface area contributed by atoms with Crippen LogP contribution in [0.4, 0.5) is 5.69 Å². The summed E-state index contributed by atoms with van der Waals surface area (Å²) in [7, 11) is 4.61. The average Bonchev–Trinajstić information content (AvgIpc) is 3.22. The Hall–Kier alpha value is -3.19. The van der Waals surface area contributed by atoms with Crippen LogP contribution < -0.4 is 19.5 Å². The Bertz CT molecular complexity index is 1000. The largest absolute Gasteiger partial charge is 0.497 e. The number of rotatable bonds is 8. The molecule has 0 fully saturated rings. The molecule has 152 valence electrons. The van der Waals surface area contributed by atoms with Crippen molar-refractivity contribution in [1.82, 2.24) is 4.98 Å². The maximum atomic E-state index is 12.4. The Morgan fingerprint density at radius 3 is 2.62 bits per heavy atom. The SMILES string of the molecule is COc1cccc(-c2cnc(CCC(=O)Nc3cc(OC)c(Cl)cc3OC)o2)c1. The van der Waals surface area contributed by atoms with E-state index in [1.165, 1.54) is 14.2 Å². The zero-order valence-corrected chi connectivity index (χ0v) is 17.1. The number of hydrogen-bond donors (Lipinski definition) is 1. The molecule has 0 saturated heterocycles. The fourth-order valence-corrected chi connectivity index (χ4v) is 2.96. The number of ether oxygens (including phenoxy) is 3. The van der Waals surface area contributed by atoms with Crippen molar-refractivity contribution in [2.45, 2.75) is 12.8 Å². The molecule has 0 spiro atoms. The van der Waals surface area contributed by atoms with Gasteiger partial charge in [0.1, 0.15) is 17.2 Å². The van der Waals surface area contributed by atoms with E-state index < -0.39 is 0 Å². The highest BCUT2D eigenvalue weighted by molar-refractivity contribution is 6.32. The van der Waals surface area contributed by atoms with Gasteiger partial charge in [0.15, 0.2) is 11.7 Å². The lowest BCUT2D eigenvalue weighted by Gasteiger charge is -2.13. The molecule has 7 nitrogen and oxygen atoms in total. The number of oxazole rings is 1. The lowest BCUT2D eigenvalue weighted by atomic mass is 10.2. The van der Waals surface area contributed by atoms with Crippen LogP contribution in [0.1, 0.15) is 12.3 Å². The molecule has 0 radical (unpaired) electrons. The van der Waals surface area contributed by atoms with Crippen molar-refractivity contribution in [2.75, 3.05) is 26.6 Å². The summed E-state index contributed by atoms with van der Waals surface area (Å²) in [5.74, 6) is 2.49. The van der Waals surface area contributed by atoms with E-state index in [1.54, 1.807) is 25.4 Å². The number of aromatic nitrogens is 1. The lowest BCUT2D eigenvalue weighted by molar-refractivity contribution is -0.116. The van der Waals surface area contributed by atoms with Crippen molar-refractivity contribution in [3.05, 3.63) is 53.5 Å². The molecule has 3 aromatic rings. The van der Waals surface area contributed by atoms with Crippen LogP contribution in [0.25, 0.3) is 11.3 Å². The predicted octanol–water partition coefficient (Wildman–Crippen LogP) is 4.59. The van der Waals surface area contributed by atoms with Gasteiger partial charge < -0.3 is 23.9 Å². The Labute approximate surface area is 173 Å². The molecule has 8 heteroatoms. The zero-order chi connectivity index (χ0) is 20.8. The van der Waals surface area contributed by atoms with Gasteiger partial charge in [0.2, 0.25) is 5.91 Å². The van der Waals surface area contributed by atoms with E-state index in [1.807, 2.05) is 24.3 Å². The number of anilines is 1. The normalized spacial score (nSPS) is 10.5. The number of aryl methyl sites for hydroxylation is 1. The van der Waals surface area contributed by atoms with E-state index in [0.717, 1.165) is 11.3 Å². The Kier molecular flexibility index (Phi) is 6.61. The molecular formula is C21H21ClN2O5. The summed E-state index contributed by atoms with van der Waals surface area (Å²) < 4.78 is 21.4. The molecular weight excluding hydrogens is 396 g/mol. The van der Waals surface area contributed by atoms with E-state index in [0.29, 0.717) is 40.3 Å². The molecule has 0 aliphatic rings. The van der Waals surface area contributed by atoms with Gasteiger partial charge in [-0.05, 0) is 12.1 Å². The number of nitrogens with zero attached hydrogens (tertiary/aromatic N) is 1. The van der Waals surface area contributed by atoms with Crippen molar-refractivity contribution < 1.29 is 23.4 Å². The first-order chi connectivity index (χ1) is 14.0. The zero-order valence-electron chi connectivity index (χ0n) is 16.3. The molecule has 2 aromatic carbocycles. The molecule has 1 aromatic heterocycles. The van der Waals surface area contributed by atoms with E-state index in [-0.39, 0.29) is 12.3 Å². The molecule has 0 aliphatic heterocycles. The van der Waals surface area contributed by atoms with E-state index in [9.17, 15) is 4.79 Å². The first-order valence-electron chi connectivity index (χ1n) is 8.84. The summed E-state index contributed by atoms with van der Waals surface area (Å²) in [5.41, 5.74) is 1.33. The highest BCUT2D eigenvalue weighted by Crippen LogP contribution is 2.36. The van der Waals surface area contributed by atoms with Crippen LogP contribution in [-0.2, 0) is 11.2 Å². The Balaban J connectivity index is 1.64. The average molecular weight is 417 g/mol. The molecule has 1 heterocycles. The molecule has 29 heavy (non-hydrogen) atoms. The molecule has 1 N–H and O–H groups in total. The molecule has 0 unspecified atom stereocenters. The third-order valence-electron chi connectivity index (χ3n) is 4.22. The van der Waals surface area contributed by atoms with Gasteiger partial charge in [-0.2, -0.15) is 0 Å². The van der Waals surface area contributed by atoms with Gasteiger partial charge in [-0.3, -0.25) is 4.79 Å². The van der Waals surface area contributed by atoms with Crippen LogP contribution in [-0.4, -0.2) is 32.2 Å². The van der Waals surface area contributed by atoms with E-state index >= 15 is 0 Å². The third kappa shape index (κ3) is 5.00. The van der Waals surface area contributed by atoms with Crippen molar-refractivity contribution in [3.63, 3.8) is 0 Å². The highest BCUT2D eigenvalue weighted by Gasteiger charge is 2.14. The summed E-state index contributed by atoms with van der Waals surface area (Å²) >= 11 is 6.08. The second-order valence-corrected chi connectivity index (χ2v) is 6.49. The molecule has 0 atom stereocenters. The fraction of sp³-hybridized carbons (Fsp3) is 0.238. The Morgan fingerprint density at radius 1 is 1.10 bits per heavy atom. The molecule has 1 amide bonds. The van der Waals surface area contributed by atoms with E-state index in [4.69, 9.17) is 30.2 Å². The summed E-state index contributed by atoms with van der Waals surface area (Å²) in [6.07, 6.45) is 2.17. The van der Waals surface area contributed by atoms with Crippen LogP contribution in [0.5, 0.6) is 17.2 Å². The van der Waals surface area contributed by atoms with Gasteiger partial charge in [0, 0.05) is 30.5 Å². The van der Waals surface area contributed by atoms with Crippen molar-refractivity contribution in [2.24, 2.45) is 0 Å². The van der Waals surface area contributed by atoms with Crippen LogP contribution in [0.2, 0.25) is 5.02 Å². The van der Waals surface area contributed by atoms with Crippen LogP contribution in [0.3, 0.4) is 0 Å². The minimum Gasteiger partial charge on any atom is -0.497 e. The number of nitrogens with one attached hydrogen (secondary N) is 1.